The first-order valence-electron chi connectivity index (χ1n) is 7.84. The maximum atomic E-state index is 14.4. The molecule has 2 aliphatic rings. The highest BCUT2D eigenvalue weighted by molar-refractivity contribution is 6.05. The van der Waals surface area contributed by atoms with Gasteiger partial charge in [-0.25, -0.2) is 9.18 Å². The summed E-state index contributed by atoms with van der Waals surface area (Å²) < 4.78 is 14.4. The zero-order chi connectivity index (χ0) is 17.3. The van der Waals surface area contributed by atoms with E-state index in [0.29, 0.717) is 31.6 Å². The fourth-order valence-electron chi connectivity index (χ4n) is 3.09. The number of amides is 3. The van der Waals surface area contributed by atoms with Gasteiger partial charge in [-0.15, -0.1) is 0 Å². The lowest BCUT2D eigenvalue weighted by molar-refractivity contribution is -0.142. The number of rotatable bonds is 3. The Morgan fingerprint density at radius 2 is 1.92 bits per heavy atom. The number of carbonyl (C=O) groups is 3. The van der Waals surface area contributed by atoms with Crippen molar-refractivity contribution in [2.45, 2.75) is 19.3 Å². The van der Waals surface area contributed by atoms with E-state index in [2.05, 4.69) is 5.32 Å². The standard InChI is InChI=1S/C16H18FN3O4/c17-12-9-11(19-6-3-10(4-7-19)15(22)23)1-2-13(12)20-8-5-14(21)18-16(20)24/h1-2,9-10H,3-8H2,(H,22,23)(H,18,21,24). The van der Waals surface area contributed by atoms with Crippen LogP contribution in [0.15, 0.2) is 18.2 Å². The number of piperidine rings is 1. The van der Waals surface area contributed by atoms with Gasteiger partial charge in [0.2, 0.25) is 5.91 Å². The number of carbonyl (C=O) groups excluding carboxylic acids is 2. The molecule has 0 saturated carbocycles. The molecule has 7 nitrogen and oxygen atoms in total. The van der Waals surface area contributed by atoms with E-state index in [1.165, 1.54) is 17.0 Å². The molecule has 0 bridgehead atoms. The Hall–Kier alpha value is -2.64. The Kier molecular flexibility index (Phi) is 4.37. The topological polar surface area (TPSA) is 90.0 Å². The summed E-state index contributed by atoms with van der Waals surface area (Å²) in [5, 5.41) is 11.2. The molecule has 2 fully saturated rings. The van der Waals surface area contributed by atoms with Gasteiger partial charge >= 0.3 is 12.0 Å². The number of hydrogen-bond donors (Lipinski definition) is 2. The Bertz CT molecular complexity index is 686. The number of nitrogens with one attached hydrogen (secondary N) is 1. The van der Waals surface area contributed by atoms with Gasteiger partial charge in [-0.2, -0.15) is 0 Å². The fraction of sp³-hybridized carbons (Fsp3) is 0.438. The molecule has 24 heavy (non-hydrogen) atoms. The Morgan fingerprint density at radius 1 is 1.21 bits per heavy atom. The second-order valence-electron chi connectivity index (χ2n) is 5.99. The predicted molar refractivity (Wildman–Crippen MR) is 84.5 cm³/mol. The van der Waals surface area contributed by atoms with Gasteiger partial charge in [0, 0.05) is 31.7 Å². The van der Waals surface area contributed by atoms with Crippen molar-refractivity contribution in [3.8, 4) is 0 Å². The van der Waals surface area contributed by atoms with E-state index in [1.54, 1.807) is 6.07 Å². The van der Waals surface area contributed by atoms with Crippen LogP contribution in [0.3, 0.4) is 0 Å². The minimum atomic E-state index is -0.790. The molecule has 0 aliphatic carbocycles. The summed E-state index contributed by atoms with van der Waals surface area (Å²) in [4.78, 5) is 37.1. The molecule has 0 spiro atoms. The van der Waals surface area contributed by atoms with E-state index in [9.17, 15) is 18.8 Å². The number of aliphatic carboxylic acids is 1. The van der Waals surface area contributed by atoms with Crippen molar-refractivity contribution < 1.29 is 23.9 Å². The van der Waals surface area contributed by atoms with Crippen LogP contribution in [0.25, 0.3) is 0 Å². The maximum absolute atomic E-state index is 14.4. The van der Waals surface area contributed by atoms with E-state index < -0.39 is 17.8 Å². The van der Waals surface area contributed by atoms with E-state index in [1.807, 2.05) is 4.90 Å². The SMILES string of the molecule is O=C1CCN(c2ccc(N3CCC(C(=O)O)CC3)cc2F)C(=O)N1. The quantitative estimate of drug-likeness (QED) is 0.875. The van der Waals surface area contributed by atoms with E-state index >= 15 is 0 Å². The second kappa shape index (κ2) is 6.46. The number of urea groups is 1. The molecule has 1 aromatic rings. The van der Waals surface area contributed by atoms with Gasteiger partial charge in [0.1, 0.15) is 5.82 Å². The summed E-state index contributed by atoms with van der Waals surface area (Å²) in [6.45, 7) is 1.24. The molecule has 128 valence electrons. The summed E-state index contributed by atoms with van der Waals surface area (Å²) in [7, 11) is 0. The Balaban J connectivity index is 1.72. The highest BCUT2D eigenvalue weighted by Crippen LogP contribution is 2.29. The number of hydrogen-bond acceptors (Lipinski definition) is 4. The first-order chi connectivity index (χ1) is 11.5. The number of carboxylic acids is 1. The van der Waals surface area contributed by atoms with Crippen LogP contribution >= 0.6 is 0 Å². The van der Waals surface area contributed by atoms with Gasteiger partial charge < -0.3 is 10.0 Å². The number of nitrogens with zero attached hydrogens (tertiary/aromatic N) is 2. The van der Waals surface area contributed by atoms with Gasteiger partial charge in [0.15, 0.2) is 0 Å². The number of benzene rings is 1. The van der Waals surface area contributed by atoms with Crippen molar-refractivity contribution in [2.75, 3.05) is 29.4 Å². The van der Waals surface area contributed by atoms with Crippen molar-refractivity contribution >= 4 is 29.3 Å². The number of halogens is 1. The molecule has 0 aromatic heterocycles. The third-order valence-electron chi connectivity index (χ3n) is 4.49. The number of carboxylic acid groups (broad SMARTS) is 1. The van der Waals surface area contributed by atoms with Crippen molar-refractivity contribution in [3.63, 3.8) is 0 Å². The average Bonchev–Trinajstić information content (AvgIpc) is 2.55. The molecule has 3 rings (SSSR count). The van der Waals surface area contributed by atoms with Gasteiger partial charge in [-0.1, -0.05) is 0 Å². The molecule has 1 aromatic carbocycles. The molecule has 8 heteroatoms. The first kappa shape index (κ1) is 16.2. The molecular weight excluding hydrogens is 317 g/mol. The van der Waals surface area contributed by atoms with Crippen LogP contribution in [0.4, 0.5) is 20.6 Å². The molecule has 2 N–H and O–H groups in total. The number of imide groups is 1. The smallest absolute Gasteiger partial charge is 0.328 e. The lowest BCUT2D eigenvalue weighted by Gasteiger charge is -2.32. The summed E-state index contributed by atoms with van der Waals surface area (Å²) in [5.74, 6) is -2.05. The van der Waals surface area contributed by atoms with Crippen LogP contribution in [0.5, 0.6) is 0 Å². The van der Waals surface area contributed by atoms with Crippen LogP contribution in [-0.4, -0.2) is 42.6 Å². The van der Waals surface area contributed by atoms with Crippen molar-refractivity contribution in [3.05, 3.63) is 24.0 Å². The molecule has 2 heterocycles. The third-order valence-corrected chi connectivity index (χ3v) is 4.49. The zero-order valence-corrected chi connectivity index (χ0v) is 13.0. The van der Waals surface area contributed by atoms with Crippen LogP contribution in [0, 0.1) is 11.7 Å². The largest absolute Gasteiger partial charge is 0.481 e. The first-order valence-corrected chi connectivity index (χ1v) is 7.84. The Labute approximate surface area is 138 Å². The average molecular weight is 335 g/mol. The van der Waals surface area contributed by atoms with Crippen LogP contribution in [-0.2, 0) is 9.59 Å². The van der Waals surface area contributed by atoms with Crippen LogP contribution in [0.2, 0.25) is 0 Å². The van der Waals surface area contributed by atoms with Gasteiger partial charge in [-0.3, -0.25) is 19.8 Å². The molecule has 0 unspecified atom stereocenters. The minimum Gasteiger partial charge on any atom is -0.481 e. The molecular formula is C16H18FN3O4. The second-order valence-corrected chi connectivity index (χ2v) is 5.99. The molecule has 3 amide bonds. The lowest BCUT2D eigenvalue weighted by atomic mass is 9.97. The monoisotopic (exact) mass is 335 g/mol. The summed E-state index contributed by atoms with van der Waals surface area (Å²) in [6, 6.07) is 3.95. The highest BCUT2D eigenvalue weighted by Gasteiger charge is 2.28. The van der Waals surface area contributed by atoms with Gasteiger partial charge in [0.25, 0.3) is 0 Å². The van der Waals surface area contributed by atoms with Crippen molar-refractivity contribution in [1.29, 1.82) is 0 Å². The Morgan fingerprint density at radius 3 is 2.50 bits per heavy atom. The van der Waals surface area contributed by atoms with E-state index in [0.717, 1.165) is 0 Å². The number of anilines is 2. The molecule has 0 atom stereocenters. The summed E-state index contributed by atoms with van der Waals surface area (Å²) in [6.07, 6.45) is 1.18. The fourth-order valence-corrected chi connectivity index (χ4v) is 3.09. The van der Waals surface area contributed by atoms with Gasteiger partial charge in [0.05, 0.1) is 11.6 Å². The predicted octanol–water partition coefficient (Wildman–Crippen LogP) is 1.57. The van der Waals surface area contributed by atoms with E-state index in [-0.39, 0.29) is 30.5 Å². The summed E-state index contributed by atoms with van der Waals surface area (Å²) >= 11 is 0. The zero-order valence-electron chi connectivity index (χ0n) is 13.0. The maximum Gasteiger partial charge on any atom is 0.328 e. The normalized spacial score (nSPS) is 19.4. The minimum absolute atomic E-state index is 0.129. The van der Waals surface area contributed by atoms with Crippen LogP contribution in [0.1, 0.15) is 19.3 Å². The van der Waals surface area contributed by atoms with Crippen molar-refractivity contribution in [1.82, 2.24) is 5.32 Å². The molecule has 0 radical (unpaired) electrons. The van der Waals surface area contributed by atoms with Gasteiger partial charge in [-0.05, 0) is 31.0 Å². The lowest BCUT2D eigenvalue weighted by Crippen LogP contribution is -2.49. The molecule has 2 aliphatic heterocycles. The van der Waals surface area contributed by atoms with Crippen molar-refractivity contribution in [2.24, 2.45) is 5.92 Å². The van der Waals surface area contributed by atoms with Crippen LogP contribution < -0.4 is 15.1 Å². The van der Waals surface area contributed by atoms with E-state index in [4.69, 9.17) is 5.11 Å². The summed E-state index contributed by atoms with van der Waals surface area (Å²) in [5.41, 5.74) is 0.790. The highest BCUT2D eigenvalue weighted by atomic mass is 19.1. The molecule has 2 saturated heterocycles. The third kappa shape index (κ3) is 3.17.